The van der Waals surface area contributed by atoms with E-state index in [0.29, 0.717) is 5.92 Å². The van der Waals surface area contributed by atoms with Gasteiger partial charge in [-0.15, -0.1) is 0 Å². The van der Waals surface area contributed by atoms with E-state index in [1.54, 1.807) is 0 Å². The lowest BCUT2D eigenvalue weighted by Crippen LogP contribution is -2.00. The fourth-order valence-corrected chi connectivity index (χ4v) is 2.12. The zero-order valence-corrected chi connectivity index (χ0v) is 10.1. The Balaban J connectivity index is 2.33. The van der Waals surface area contributed by atoms with Crippen molar-refractivity contribution in [2.75, 3.05) is 11.5 Å². The molecule has 0 aliphatic carbocycles. The van der Waals surface area contributed by atoms with Crippen LogP contribution in [-0.2, 0) is 0 Å². The predicted molar refractivity (Wildman–Crippen MR) is 73.8 cm³/mol. The van der Waals surface area contributed by atoms with Crippen LogP contribution >= 0.6 is 0 Å². The fourth-order valence-electron chi connectivity index (χ4n) is 2.12. The Hall–Kier alpha value is -1.96. The van der Waals surface area contributed by atoms with Crippen molar-refractivity contribution in [3.63, 3.8) is 0 Å². The van der Waals surface area contributed by atoms with E-state index in [0.717, 1.165) is 17.8 Å². The third kappa shape index (κ3) is 2.59. The predicted octanol–water partition coefficient (Wildman–Crippen LogP) is 3.39. The first kappa shape index (κ1) is 11.5. The summed E-state index contributed by atoms with van der Waals surface area (Å²) in [5.41, 5.74) is 15.6. The minimum Gasteiger partial charge on any atom is -0.399 e. The SMILES string of the molecule is CCC(c1ccc(N)cc1)c1ccc(N)cc1. The third-order valence-electron chi connectivity index (χ3n) is 3.09. The molecule has 0 aliphatic rings. The Labute approximate surface area is 102 Å². The highest BCUT2D eigenvalue weighted by molar-refractivity contribution is 5.45. The molecular weight excluding hydrogens is 208 g/mol. The van der Waals surface area contributed by atoms with Crippen molar-refractivity contribution in [3.05, 3.63) is 59.7 Å². The van der Waals surface area contributed by atoms with Gasteiger partial charge in [0, 0.05) is 17.3 Å². The van der Waals surface area contributed by atoms with Gasteiger partial charge in [0.25, 0.3) is 0 Å². The molecule has 2 aromatic carbocycles. The summed E-state index contributed by atoms with van der Waals surface area (Å²) in [7, 11) is 0. The lowest BCUT2D eigenvalue weighted by molar-refractivity contribution is 0.778. The molecule has 0 heterocycles. The molecule has 2 rings (SSSR count). The molecule has 0 atom stereocenters. The Bertz CT molecular complexity index is 426. The molecule has 0 unspecified atom stereocenters. The second-order valence-corrected chi connectivity index (χ2v) is 4.29. The second-order valence-electron chi connectivity index (χ2n) is 4.29. The highest BCUT2D eigenvalue weighted by atomic mass is 14.5. The first-order chi connectivity index (χ1) is 8.20. The third-order valence-corrected chi connectivity index (χ3v) is 3.09. The van der Waals surface area contributed by atoms with Crippen molar-refractivity contribution in [2.45, 2.75) is 19.3 Å². The van der Waals surface area contributed by atoms with E-state index < -0.39 is 0 Å². The Kier molecular flexibility index (Phi) is 3.33. The molecular formula is C15H18N2. The average molecular weight is 226 g/mol. The van der Waals surface area contributed by atoms with Gasteiger partial charge in [-0.3, -0.25) is 0 Å². The van der Waals surface area contributed by atoms with Crippen LogP contribution in [0.3, 0.4) is 0 Å². The summed E-state index contributed by atoms with van der Waals surface area (Å²) in [5.74, 6) is 0.413. The molecule has 0 aliphatic heterocycles. The average Bonchev–Trinajstić information content (AvgIpc) is 2.35. The van der Waals surface area contributed by atoms with Crippen LogP contribution in [0.1, 0.15) is 30.4 Å². The maximum absolute atomic E-state index is 5.71. The van der Waals surface area contributed by atoms with Crippen molar-refractivity contribution in [2.24, 2.45) is 0 Å². The molecule has 0 saturated carbocycles. The molecule has 2 heteroatoms. The summed E-state index contributed by atoms with van der Waals surface area (Å²) in [6, 6.07) is 16.2. The Morgan fingerprint density at radius 2 is 1.12 bits per heavy atom. The van der Waals surface area contributed by atoms with E-state index in [2.05, 4.69) is 31.2 Å². The normalized spacial score (nSPS) is 10.7. The van der Waals surface area contributed by atoms with E-state index in [9.17, 15) is 0 Å². The minimum atomic E-state index is 0.413. The van der Waals surface area contributed by atoms with Crippen LogP contribution < -0.4 is 11.5 Å². The zero-order valence-electron chi connectivity index (χ0n) is 10.1. The van der Waals surface area contributed by atoms with Gasteiger partial charge in [-0.2, -0.15) is 0 Å². The fraction of sp³-hybridized carbons (Fsp3) is 0.200. The van der Waals surface area contributed by atoms with Crippen LogP contribution in [0.25, 0.3) is 0 Å². The minimum absolute atomic E-state index is 0.413. The van der Waals surface area contributed by atoms with Crippen LogP contribution in [0, 0.1) is 0 Å². The first-order valence-electron chi connectivity index (χ1n) is 5.91. The summed E-state index contributed by atoms with van der Waals surface area (Å²) < 4.78 is 0. The molecule has 0 saturated heterocycles. The smallest absolute Gasteiger partial charge is 0.0314 e. The molecule has 17 heavy (non-hydrogen) atoms. The van der Waals surface area contributed by atoms with Gasteiger partial charge in [-0.25, -0.2) is 0 Å². The van der Waals surface area contributed by atoms with Crippen molar-refractivity contribution >= 4 is 11.4 Å². The summed E-state index contributed by atoms with van der Waals surface area (Å²) in [5, 5.41) is 0. The molecule has 88 valence electrons. The lowest BCUT2D eigenvalue weighted by atomic mass is 9.89. The second kappa shape index (κ2) is 4.91. The number of anilines is 2. The van der Waals surface area contributed by atoms with Gasteiger partial charge in [0.15, 0.2) is 0 Å². The molecule has 0 aromatic heterocycles. The quantitative estimate of drug-likeness (QED) is 0.788. The van der Waals surface area contributed by atoms with Gasteiger partial charge < -0.3 is 11.5 Å². The van der Waals surface area contributed by atoms with Crippen LogP contribution in [0.15, 0.2) is 48.5 Å². The van der Waals surface area contributed by atoms with Crippen molar-refractivity contribution in [1.29, 1.82) is 0 Å². The molecule has 0 fully saturated rings. The first-order valence-corrected chi connectivity index (χ1v) is 5.91. The number of nitrogen functional groups attached to an aromatic ring is 2. The van der Waals surface area contributed by atoms with Crippen LogP contribution in [0.4, 0.5) is 11.4 Å². The topological polar surface area (TPSA) is 52.0 Å². The lowest BCUT2D eigenvalue weighted by Gasteiger charge is -2.16. The summed E-state index contributed by atoms with van der Waals surface area (Å²) in [4.78, 5) is 0. The van der Waals surface area contributed by atoms with Crippen LogP contribution in [-0.4, -0.2) is 0 Å². The molecule has 0 spiro atoms. The van der Waals surface area contributed by atoms with Crippen molar-refractivity contribution < 1.29 is 0 Å². The monoisotopic (exact) mass is 226 g/mol. The van der Waals surface area contributed by atoms with Crippen molar-refractivity contribution in [3.8, 4) is 0 Å². The van der Waals surface area contributed by atoms with Crippen LogP contribution in [0.5, 0.6) is 0 Å². The molecule has 4 N–H and O–H groups in total. The highest BCUT2D eigenvalue weighted by Gasteiger charge is 2.11. The molecule has 0 bridgehead atoms. The maximum atomic E-state index is 5.71. The van der Waals surface area contributed by atoms with E-state index in [4.69, 9.17) is 11.5 Å². The summed E-state index contributed by atoms with van der Waals surface area (Å²) in [6.45, 7) is 2.19. The summed E-state index contributed by atoms with van der Waals surface area (Å²) >= 11 is 0. The van der Waals surface area contributed by atoms with E-state index in [1.807, 2.05) is 24.3 Å². The van der Waals surface area contributed by atoms with Gasteiger partial charge in [0.05, 0.1) is 0 Å². The zero-order chi connectivity index (χ0) is 12.3. The molecule has 0 radical (unpaired) electrons. The number of hydrogen-bond acceptors (Lipinski definition) is 2. The van der Waals surface area contributed by atoms with Gasteiger partial charge in [-0.1, -0.05) is 31.2 Å². The van der Waals surface area contributed by atoms with E-state index in [1.165, 1.54) is 11.1 Å². The van der Waals surface area contributed by atoms with E-state index >= 15 is 0 Å². The Morgan fingerprint density at radius 3 is 1.41 bits per heavy atom. The maximum Gasteiger partial charge on any atom is 0.0314 e. The number of rotatable bonds is 3. The standard InChI is InChI=1S/C15H18N2/c1-2-15(11-3-7-13(16)8-4-11)12-5-9-14(17)10-6-12/h3-10,15H,2,16-17H2,1H3. The molecule has 2 nitrogen and oxygen atoms in total. The van der Waals surface area contributed by atoms with Gasteiger partial charge in [0.1, 0.15) is 0 Å². The Morgan fingerprint density at radius 1 is 0.765 bits per heavy atom. The number of nitrogens with two attached hydrogens (primary N) is 2. The summed E-state index contributed by atoms with van der Waals surface area (Å²) in [6.07, 6.45) is 1.06. The molecule has 0 amide bonds. The van der Waals surface area contributed by atoms with Crippen molar-refractivity contribution in [1.82, 2.24) is 0 Å². The van der Waals surface area contributed by atoms with Gasteiger partial charge in [-0.05, 0) is 41.8 Å². The number of benzene rings is 2. The highest BCUT2D eigenvalue weighted by Crippen LogP contribution is 2.28. The van der Waals surface area contributed by atoms with Crippen LogP contribution in [0.2, 0.25) is 0 Å². The molecule has 2 aromatic rings. The number of hydrogen-bond donors (Lipinski definition) is 2. The largest absolute Gasteiger partial charge is 0.399 e. The van der Waals surface area contributed by atoms with Gasteiger partial charge in [0.2, 0.25) is 0 Å². The van der Waals surface area contributed by atoms with Gasteiger partial charge >= 0.3 is 0 Å². The van der Waals surface area contributed by atoms with E-state index in [-0.39, 0.29) is 0 Å².